The second-order valence-electron chi connectivity index (χ2n) is 6.32. The highest BCUT2D eigenvalue weighted by atomic mass is 32.2. The Morgan fingerprint density at radius 3 is 2.71 bits per heavy atom. The molecule has 2 aliphatic heterocycles. The molecule has 3 atom stereocenters. The molecule has 2 aliphatic rings. The number of nitrogens with one attached hydrogen (secondary N) is 1. The fraction of sp³-hybridized carbons (Fsp3) is 0.588. The molecule has 3 unspecified atom stereocenters. The molecule has 0 spiro atoms. The fourth-order valence-electron chi connectivity index (χ4n) is 3.28. The van der Waals surface area contributed by atoms with Gasteiger partial charge < -0.3 is 4.90 Å². The van der Waals surface area contributed by atoms with E-state index in [0.717, 1.165) is 12.1 Å². The van der Waals surface area contributed by atoms with Crippen LogP contribution in [-0.4, -0.2) is 34.5 Å². The van der Waals surface area contributed by atoms with Crippen molar-refractivity contribution in [3.63, 3.8) is 0 Å². The van der Waals surface area contributed by atoms with Gasteiger partial charge in [-0.3, -0.25) is 10.1 Å². The minimum Gasteiger partial charge on any atom is -0.324 e. The van der Waals surface area contributed by atoms with Crippen molar-refractivity contribution in [2.75, 3.05) is 12.3 Å². The first-order valence-electron chi connectivity index (χ1n) is 7.90. The fourth-order valence-corrected chi connectivity index (χ4v) is 4.55. The number of nitrogens with zero attached hydrogens (tertiary/aromatic N) is 1. The third-order valence-corrected chi connectivity index (χ3v) is 5.77. The predicted octanol–water partition coefficient (Wildman–Crippen LogP) is 3.04. The molecule has 114 valence electrons. The Labute approximate surface area is 131 Å². The molecule has 21 heavy (non-hydrogen) atoms. The van der Waals surface area contributed by atoms with Gasteiger partial charge in [-0.15, -0.1) is 0 Å². The summed E-state index contributed by atoms with van der Waals surface area (Å²) in [5.41, 5.74) is 1.08. The second-order valence-corrected chi connectivity index (χ2v) is 7.73. The van der Waals surface area contributed by atoms with E-state index in [1.807, 2.05) is 42.1 Å². The van der Waals surface area contributed by atoms with Gasteiger partial charge in [-0.05, 0) is 30.1 Å². The van der Waals surface area contributed by atoms with E-state index in [0.29, 0.717) is 11.2 Å². The van der Waals surface area contributed by atoms with Crippen molar-refractivity contribution in [3.8, 4) is 0 Å². The lowest BCUT2D eigenvalue weighted by molar-refractivity contribution is -0.130. The molecule has 0 radical (unpaired) electrons. The highest BCUT2D eigenvalue weighted by molar-refractivity contribution is 8.00. The van der Waals surface area contributed by atoms with Crippen molar-refractivity contribution >= 4 is 17.7 Å². The summed E-state index contributed by atoms with van der Waals surface area (Å²) in [6, 6.07) is 9.91. The Kier molecular flexibility index (Phi) is 4.55. The molecule has 0 saturated carbocycles. The number of rotatable bonds is 4. The van der Waals surface area contributed by atoms with Gasteiger partial charge in [0.15, 0.2) is 0 Å². The van der Waals surface area contributed by atoms with E-state index in [-0.39, 0.29) is 18.1 Å². The molecule has 0 aromatic heterocycles. The van der Waals surface area contributed by atoms with Crippen molar-refractivity contribution < 1.29 is 4.79 Å². The lowest BCUT2D eigenvalue weighted by Gasteiger charge is -2.29. The Balaban J connectivity index is 1.78. The van der Waals surface area contributed by atoms with Gasteiger partial charge >= 0.3 is 0 Å². The Bertz CT molecular complexity index is 485. The van der Waals surface area contributed by atoms with Crippen molar-refractivity contribution in [3.05, 3.63) is 35.9 Å². The van der Waals surface area contributed by atoms with Crippen LogP contribution in [0.5, 0.6) is 0 Å². The predicted molar refractivity (Wildman–Crippen MR) is 88.1 cm³/mol. The van der Waals surface area contributed by atoms with E-state index in [2.05, 4.69) is 24.1 Å². The van der Waals surface area contributed by atoms with Crippen molar-refractivity contribution in [2.24, 2.45) is 5.92 Å². The molecule has 1 aromatic rings. The number of benzene rings is 1. The number of hydrogen-bond acceptors (Lipinski definition) is 3. The van der Waals surface area contributed by atoms with Crippen LogP contribution in [0.15, 0.2) is 30.3 Å². The SMILES string of the molecule is CC(C)C1NC(c2ccccc2)C(=O)N1CC1CCCS1. The van der Waals surface area contributed by atoms with E-state index < -0.39 is 0 Å². The minimum atomic E-state index is -0.176. The van der Waals surface area contributed by atoms with Crippen molar-refractivity contribution in [2.45, 2.75) is 44.1 Å². The van der Waals surface area contributed by atoms with Gasteiger partial charge in [0.05, 0.1) is 6.17 Å². The summed E-state index contributed by atoms with van der Waals surface area (Å²) in [5, 5.41) is 4.16. The summed E-state index contributed by atoms with van der Waals surface area (Å²) in [5.74, 6) is 1.91. The molecule has 1 aromatic carbocycles. The first-order chi connectivity index (χ1) is 10.2. The maximum Gasteiger partial charge on any atom is 0.245 e. The number of thioether (sulfide) groups is 1. The van der Waals surface area contributed by atoms with Crippen molar-refractivity contribution in [1.82, 2.24) is 10.2 Å². The normalized spacial score (nSPS) is 29.6. The quantitative estimate of drug-likeness (QED) is 0.928. The van der Waals surface area contributed by atoms with Crippen LogP contribution in [0.4, 0.5) is 0 Å². The number of hydrogen-bond donors (Lipinski definition) is 1. The van der Waals surface area contributed by atoms with Crippen LogP contribution < -0.4 is 5.32 Å². The number of carbonyl (C=O) groups excluding carboxylic acids is 1. The van der Waals surface area contributed by atoms with Gasteiger partial charge in [0.2, 0.25) is 5.91 Å². The molecule has 1 amide bonds. The first kappa shape index (κ1) is 14.9. The summed E-state index contributed by atoms with van der Waals surface area (Å²) < 4.78 is 0. The smallest absolute Gasteiger partial charge is 0.245 e. The van der Waals surface area contributed by atoms with Crippen LogP contribution in [0.1, 0.15) is 38.3 Å². The summed E-state index contributed by atoms with van der Waals surface area (Å²) >= 11 is 2.02. The summed E-state index contributed by atoms with van der Waals surface area (Å²) in [7, 11) is 0. The zero-order chi connectivity index (χ0) is 14.8. The topological polar surface area (TPSA) is 32.3 Å². The van der Waals surface area contributed by atoms with E-state index in [4.69, 9.17) is 0 Å². The van der Waals surface area contributed by atoms with Crippen LogP contribution >= 0.6 is 11.8 Å². The van der Waals surface area contributed by atoms with Gasteiger partial charge in [0, 0.05) is 11.8 Å². The summed E-state index contributed by atoms with van der Waals surface area (Å²) in [4.78, 5) is 15.0. The zero-order valence-corrected chi connectivity index (χ0v) is 13.6. The lowest BCUT2D eigenvalue weighted by Crippen LogP contribution is -2.44. The minimum absolute atomic E-state index is 0.156. The molecule has 2 saturated heterocycles. The van der Waals surface area contributed by atoms with E-state index in [9.17, 15) is 4.79 Å². The molecule has 0 bridgehead atoms. The van der Waals surface area contributed by atoms with Crippen LogP contribution in [0.2, 0.25) is 0 Å². The van der Waals surface area contributed by atoms with Crippen LogP contribution in [0, 0.1) is 5.92 Å². The Hall–Kier alpha value is -1.00. The Morgan fingerprint density at radius 1 is 1.33 bits per heavy atom. The monoisotopic (exact) mass is 304 g/mol. The highest BCUT2D eigenvalue weighted by Crippen LogP contribution is 2.32. The second kappa shape index (κ2) is 6.41. The third-order valence-electron chi connectivity index (χ3n) is 4.39. The number of amides is 1. The molecule has 2 heterocycles. The largest absolute Gasteiger partial charge is 0.324 e. The number of carbonyl (C=O) groups is 1. The Morgan fingerprint density at radius 2 is 2.10 bits per heavy atom. The summed E-state index contributed by atoms with van der Waals surface area (Å²) in [6.07, 6.45) is 2.69. The molecule has 4 heteroatoms. The molecule has 3 nitrogen and oxygen atoms in total. The molecular weight excluding hydrogens is 280 g/mol. The summed E-state index contributed by atoms with van der Waals surface area (Å²) in [6.45, 7) is 5.27. The average molecular weight is 304 g/mol. The van der Waals surface area contributed by atoms with Gasteiger partial charge in [0.25, 0.3) is 0 Å². The molecule has 2 fully saturated rings. The average Bonchev–Trinajstić information content (AvgIpc) is 3.10. The van der Waals surface area contributed by atoms with Gasteiger partial charge in [-0.1, -0.05) is 44.2 Å². The van der Waals surface area contributed by atoms with Crippen molar-refractivity contribution in [1.29, 1.82) is 0 Å². The van der Waals surface area contributed by atoms with Gasteiger partial charge in [-0.2, -0.15) is 11.8 Å². The first-order valence-corrected chi connectivity index (χ1v) is 8.95. The molecule has 0 aliphatic carbocycles. The standard InChI is InChI=1S/C17H24N2OS/c1-12(2)16-18-15(13-7-4-3-5-8-13)17(20)19(16)11-14-9-6-10-21-14/h3-5,7-8,12,14-16,18H,6,9-11H2,1-2H3. The third kappa shape index (κ3) is 3.11. The molecule has 1 N–H and O–H groups in total. The van der Waals surface area contributed by atoms with Gasteiger partial charge in [0.1, 0.15) is 6.04 Å². The van der Waals surface area contributed by atoms with Crippen LogP contribution in [-0.2, 0) is 4.79 Å². The lowest BCUT2D eigenvalue weighted by atomic mass is 10.1. The molecule has 3 rings (SSSR count). The van der Waals surface area contributed by atoms with Crippen LogP contribution in [0.3, 0.4) is 0 Å². The van der Waals surface area contributed by atoms with E-state index in [1.165, 1.54) is 18.6 Å². The van der Waals surface area contributed by atoms with E-state index >= 15 is 0 Å². The van der Waals surface area contributed by atoms with Crippen LogP contribution in [0.25, 0.3) is 0 Å². The molecular formula is C17H24N2OS. The van der Waals surface area contributed by atoms with E-state index in [1.54, 1.807) is 0 Å². The highest BCUT2D eigenvalue weighted by Gasteiger charge is 2.41. The van der Waals surface area contributed by atoms with Gasteiger partial charge in [-0.25, -0.2) is 0 Å². The maximum atomic E-state index is 12.9. The zero-order valence-electron chi connectivity index (χ0n) is 12.8. The maximum absolute atomic E-state index is 12.9.